The molecule has 0 aromatic carbocycles. The van der Waals surface area contributed by atoms with Gasteiger partial charge in [-0.1, -0.05) is 62.9 Å². The number of hydrogen-bond donors (Lipinski definition) is 3. The van der Waals surface area contributed by atoms with Crippen LogP contribution in [0, 0.1) is 5.92 Å². The maximum absolute atomic E-state index is 11.7. The SMILES string of the molecule is O=C(C[C@@H](CCCC1CCCCC1)c1nc(CNC2CCCC2)no1)NO. The van der Waals surface area contributed by atoms with Crippen LogP contribution in [0.2, 0.25) is 0 Å². The summed E-state index contributed by atoms with van der Waals surface area (Å²) in [5, 5.41) is 16.5. The molecule has 2 fully saturated rings. The van der Waals surface area contributed by atoms with Crippen LogP contribution in [0.1, 0.15) is 101 Å². The highest BCUT2D eigenvalue weighted by Gasteiger charge is 2.23. The second kappa shape index (κ2) is 10.8. The molecule has 27 heavy (non-hydrogen) atoms. The average molecular weight is 379 g/mol. The summed E-state index contributed by atoms with van der Waals surface area (Å²) in [6.45, 7) is 0.606. The number of carbonyl (C=O) groups is 1. The maximum atomic E-state index is 11.7. The van der Waals surface area contributed by atoms with Gasteiger partial charge in [0.15, 0.2) is 5.82 Å². The fourth-order valence-electron chi connectivity index (χ4n) is 4.58. The number of carbonyl (C=O) groups excluding carboxylic acids is 1. The van der Waals surface area contributed by atoms with Crippen LogP contribution in [0.25, 0.3) is 0 Å². The predicted octanol–water partition coefficient (Wildman–Crippen LogP) is 3.83. The number of nitrogens with zero attached hydrogens (tertiary/aromatic N) is 2. The summed E-state index contributed by atoms with van der Waals surface area (Å²) in [6, 6.07) is 0.554. The van der Waals surface area contributed by atoms with Gasteiger partial charge in [0, 0.05) is 18.4 Å². The molecule has 7 nitrogen and oxygen atoms in total. The molecule has 1 aromatic heterocycles. The minimum Gasteiger partial charge on any atom is -0.339 e. The van der Waals surface area contributed by atoms with Gasteiger partial charge in [0.1, 0.15) is 0 Å². The Morgan fingerprint density at radius 2 is 1.89 bits per heavy atom. The van der Waals surface area contributed by atoms with Gasteiger partial charge in [0.05, 0.1) is 6.54 Å². The molecule has 1 heterocycles. The van der Waals surface area contributed by atoms with Crippen LogP contribution in [0.4, 0.5) is 0 Å². The first-order valence-corrected chi connectivity index (χ1v) is 10.7. The van der Waals surface area contributed by atoms with Crippen molar-refractivity contribution in [2.75, 3.05) is 0 Å². The lowest BCUT2D eigenvalue weighted by molar-refractivity contribution is -0.129. The molecule has 2 aliphatic rings. The molecule has 7 heteroatoms. The van der Waals surface area contributed by atoms with Crippen molar-refractivity contribution in [1.82, 2.24) is 20.9 Å². The number of nitrogens with one attached hydrogen (secondary N) is 2. The molecule has 3 rings (SSSR count). The van der Waals surface area contributed by atoms with E-state index in [4.69, 9.17) is 9.73 Å². The van der Waals surface area contributed by atoms with Crippen molar-refractivity contribution in [2.24, 2.45) is 5.92 Å². The molecule has 0 unspecified atom stereocenters. The molecule has 0 bridgehead atoms. The zero-order valence-electron chi connectivity index (χ0n) is 16.3. The molecule has 152 valence electrons. The van der Waals surface area contributed by atoms with Crippen LogP contribution in [0.5, 0.6) is 0 Å². The van der Waals surface area contributed by atoms with Gasteiger partial charge in [-0.3, -0.25) is 10.0 Å². The Balaban J connectivity index is 1.50. The van der Waals surface area contributed by atoms with E-state index >= 15 is 0 Å². The molecule has 0 radical (unpaired) electrons. The molecule has 2 aliphatic carbocycles. The van der Waals surface area contributed by atoms with Crippen LogP contribution in [0.3, 0.4) is 0 Å². The lowest BCUT2D eigenvalue weighted by Crippen LogP contribution is -2.25. The molecule has 0 saturated heterocycles. The third-order valence-electron chi connectivity index (χ3n) is 6.18. The number of hydroxylamine groups is 1. The van der Waals surface area contributed by atoms with Crippen molar-refractivity contribution < 1.29 is 14.5 Å². The highest BCUT2D eigenvalue weighted by Crippen LogP contribution is 2.31. The van der Waals surface area contributed by atoms with E-state index in [0.717, 1.165) is 18.8 Å². The third-order valence-corrected chi connectivity index (χ3v) is 6.18. The molecule has 1 amide bonds. The van der Waals surface area contributed by atoms with Gasteiger partial charge in [0.25, 0.3) is 0 Å². The second-order valence-corrected chi connectivity index (χ2v) is 8.28. The topological polar surface area (TPSA) is 100 Å². The summed E-state index contributed by atoms with van der Waals surface area (Å²) < 4.78 is 5.47. The number of rotatable bonds is 10. The lowest BCUT2D eigenvalue weighted by atomic mass is 9.84. The van der Waals surface area contributed by atoms with Crippen LogP contribution in [-0.4, -0.2) is 27.3 Å². The minimum atomic E-state index is -0.401. The van der Waals surface area contributed by atoms with Gasteiger partial charge in [-0.05, 0) is 25.2 Å². The maximum Gasteiger partial charge on any atom is 0.244 e. The van der Waals surface area contributed by atoms with E-state index in [2.05, 4.69) is 15.5 Å². The van der Waals surface area contributed by atoms with Crippen LogP contribution >= 0.6 is 0 Å². The Labute approximate surface area is 161 Å². The fraction of sp³-hybridized carbons (Fsp3) is 0.850. The Kier molecular flexibility index (Phi) is 8.08. The van der Waals surface area contributed by atoms with Gasteiger partial charge in [0.2, 0.25) is 11.8 Å². The molecule has 2 saturated carbocycles. The second-order valence-electron chi connectivity index (χ2n) is 8.28. The molecule has 3 N–H and O–H groups in total. The largest absolute Gasteiger partial charge is 0.339 e. The summed E-state index contributed by atoms with van der Waals surface area (Å²) >= 11 is 0. The molecule has 0 aliphatic heterocycles. The van der Waals surface area contributed by atoms with Crippen molar-refractivity contribution in [2.45, 2.75) is 102 Å². The summed E-state index contributed by atoms with van der Waals surface area (Å²) in [5.41, 5.74) is 1.73. The fourth-order valence-corrected chi connectivity index (χ4v) is 4.58. The number of hydrogen-bond acceptors (Lipinski definition) is 6. The zero-order valence-corrected chi connectivity index (χ0v) is 16.3. The molecule has 1 aromatic rings. The van der Waals surface area contributed by atoms with Crippen molar-refractivity contribution in [3.63, 3.8) is 0 Å². The van der Waals surface area contributed by atoms with Crippen LogP contribution < -0.4 is 10.8 Å². The van der Waals surface area contributed by atoms with E-state index in [0.29, 0.717) is 24.3 Å². The first-order valence-electron chi connectivity index (χ1n) is 10.7. The van der Waals surface area contributed by atoms with Crippen molar-refractivity contribution in [3.8, 4) is 0 Å². The molecule has 0 spiro atoms. The summed E-state index contributed by atoms with van der Waals surface area (Å²) in [6.07, 6.45) is 15.0. The van der Waals surface area contributed by atoms with E-state index in [1.807, 2.05) is 0 Å². The predicted molar refractivity (Wildman–Crippen MR) is 101 cm³/mol. The first-order chi connectivity index (χ1) is 13.2. The van der Waals surface area contributed by atoms with Gasteiger partial charge in [-0.2, -0.15) is 4.98 Å². The Bertz CT molecular complexity index is 565. The van der Waals surface area contributed by atoms with Crippen molar-refractivity contribution in [1.29, 1.82) is 0 Å². The summed E-state index contributed by atoms with van der Waals surface area (Å²) in [7, 11) is 0. The van der Waals surface area contributed by atoms with E-state index < -0.39 is 5.91 Å². The lowest BCUT2D eigenvalue weighted by Gasteiger charge is -2.22. The number of aromatic nitrogens is 2. The van der Waals surface area contributed by atoms with Gasteiger partial charge in [-0.15, -0.1) is 0 Å². The van der Waals surface area contributed by atoms with Gasteiger partial charge in [-0.25, -0.2) is 5.48 Å². The van der Waals surface area contributed by atoms with Crippen LogP contribution in [-0.2, 0) is 11.3 Å². The molecular weight excluding hydrogens is 344 g/mol. The minimum absolute atomic E-state index is 0.131. The normalized spacial score (nSPS) is 20.0. The van der Waals surface area contributed by atoms with E-state index in [1.54, 1.807) is 5.48 Å². The first kappa shape index (κ1) is 20.3. The van der Waals surface area contributed by atoms with E-state index in [9.17, 15) is 4.79 Å². The quantitative estimate of drug-likeness (QED) is 0.422. The van der Waals surface area contributed by atoms with Crippen LogP contribution in [0.15, 0.2) is 4.52 Å². The molecular formula is C20H34N4O3. The average Bonchev–Trinajstić information content (AvgIpc) is 3.38. The Morgan fingerprint density at radius 1 is 1.15 bits per heavy atom. The highest BCUT2D eigenvalue weighted by atomic mass is 16.5. The summed E-state index contributed by atoms with van der Waals surface area (Å²) in [5.74, 6) is 1.46. The van der Waals surface area contributed by atoms with Crippen molar-refractivity contribution in [3.05, 3.63) is 11.7 Å². The van der Waals surface area contributed by atoms with Crippen molar-refractivity contribution >= 4 is 5.91 Å². The summed E-state index contributed by atoms with van der Waals surface area (Å²) in [4.78, 5) is 16.2. The highest BCUT2D eigenvalue weighted by molar-refractivity contribution is 5.75. The third kappa shape index (κ3) is 6.57. The monoisotopic (exact) mass is 378 g/mol. The Morgan fingerprint density at radius 3 is 2.63 bits per heavy atom. The smallest absolute Gasteiger partial charge is 0.244 e. The number of amides is 1. The zero-order chi connectivity index (χ0) is 18.9. The van der Waals surface area contributed by atoms with E-state index in [-0.39, 0.29) is 12.3 Å². The van der Waals surface area contributed by atoms with E-state index in [1.165, 1.54) is 64.2 Å². The van der Waals surface area contributed by atoms with Gasteiger partial charge < -0.3 is 9.84 Å². The van der Waals surface area contributed by atoms with Gasteiger partial charge >= 0.3 is 0 Å². The Hall–Kier alpha value is -1.47. The standard InChI is InChI=1S/C20H34N4O3/c25-19(23-26)13-16(10-6-9-15-7-2-1-3-8-15)20-22-18(24-27-20)14-21-17-11-4-5-12-17/h15-17,21,26H,1-14H2,(H,23,25)/t16-/m1/s1. The molecule has 1 atom stereocenters.